The minimum atomic E-state index is -0.256. The van der Waals surface area contributed by atoms with Crippen LogP contribution in [0.4, 0.5) is 0 Å². The molecule has 0 bridgehead atoms. The second kappa shape index (κ2) is 7.24. The number of hydrogen-bond donors (Lipinski definition) is 1. The summed E-state index contributed by atoms with van der Waals surface area (Å²) in [5.41, 5.74) is 0.960. The van der Waals surface area contributed by atoms with Crippen molar-refractivity contribution in [1.29, 1.82) is 0 Å². The maximum absolute atomic E-state index is 12.3. The van der Waals surface area contributed by atoms with Gasteiger partial charge in [-0.05, 0) is 24.1 Å². The fourth-order valence-electron chi connectivity index (χ4n) is 1.91. The molecule has 0 spiro atoms. The second-order valence-corrected chi connectivity index (χ2v) is 4.61. The average Bonchev–Trinajstić information content (AvgIpc) is 2.52. The van der Waals surface area contributed by atoms with E-state index in [-0.39, 0.29) is 11.5 Å². The molecular formula is C17H18N2O2. The molecule has 1 amide bonds. The summed E-state index contributed by atoms with van der Waals surface area (Å²) in [7, 11) is 0. The number of pyridine rings is 1. The first-order valence-corrected chi connectivity index (χ1v) is 6.95. The van der Waals surface area contributed by atoms with Gasteiger partial charge in [0.05, 0.1) is 0 Å². The van der Waals surface area contributed by atoms with Crippen LogP contribution in [0.15, 0.2) is 59.5 Å². The average molecular weight is 282 g/mol. The van der Waals surface area contributed by atoms with Gasteiger partial charge in [-0.1, -0.05) is 43.3 Å². The number of carbonyl (C=O) groups excluding carboxylic acids is 1. The minimum Gasteiger partial charge on any atom is -0.351 e. The summed E-state index contributed by atoms with van der Waals surface area (Å²) in [6.07, 6.45) is 4.16. The summed E-state index contributed by atoms with van der Waals surface area (Å²) in [6.45, 7) is 2.56. The van der Waals surface area contributed by atoms with Crippen molar-refractivity contribution in [3.63, 3.8) is 0 Å². The number of nitrogens with one attached hydrogen (secondary N) is 1. The Kier molecular flexibility index (Phi) is 5.10. The Labute approximate surface area is 123 Å². The van der Waals surface area contributed by atoms with E-state index in [0.29, 0.717) is 12.2 Å². The van der Waals surface area contributed by atoms with Crippen LogP contribution >= 0.6 is 0 Å². The molecule has 1 N–H and O–H groups in total. The topological polar surface area (TPSA) is 51.1 Å². The van der Waals surface area contributed by atoms with E-state index in [1.807, 2.05) is 37.3 Å². The number of hydrogen-bond acceptors (Lipinski definition) is 2. The third-order valence-electron chi connectivity index (χ3n) is 2.95. The van der Waals surface area contributed by atoms with Gasteiger partial charge < -0.3 is 5.32 Å². The maximum atomic E-state index is 12.3. The molecular weight excluding hydrogens is 264 g/mol. The Bertz CT molecular complexity index is 687. The molecule has 0 fully saturated rings. The van der Waals surface area contributed by atoms with Crippen LogP contribution in [-0.4, -0.2) is 17.0 Å². The van der Waals surface area contributed by atoms with Gasteiger partial charge in [-0.25, -0.2) is 0 Å². The van der Waals surface area contributed by atoms with E-state index in [0.717, 1.165) is 12.0 Å². The van der Waals surface area contributed by atoms with Crippen molar-refractivity contribution in [3.8, 4) is 0 Å². The lowest BCUT2D eigenvalue weighted by atomic mass is 10.2. The summed E-state index contributed by atoms with van der Waals surface area (Å²) < 4.78 is 1.36. The number of amides is 1. The molecule has 4 nitrogen and oxygen atoms in total. The smallest absolute Gasteiger partial charge is 0.268 e. The van der Waals surface area contributed by atoms with Crippen molar-refractivity contribution < 1.29 is 4.79 Å². The van der Waals surface area contributed by atoms with Gasteiger partial charge in [-0.2, -0.15) is 0 Å². The lowest BCUT2D eigenvalue weighted by molar-refractivity contribution is -0.115. The van der Waals surface area contributed by atoms with Gasteiger partial charge in [0.15, 0.2) is 0 Å². The van der Waals surface area contributed by atoms with E-state index in [2.05, 4.69) is 5.32 Å². The van der Waals surface area contributed by atoms with E-state index in [9.17, 15) is 9.59 Å². The first kappa shape index (κ1) is 14.8. The van der Waals surface area contributed by atoms with E-state index in [4.69, 9.17) is 0 Å². The van der Waals surface area contributed by atoms with Gasteiger partial charge in [-0.3, -0.25) is 14.2 Å². The molecule has 1 heterocycles. The fraction of sp³-hybridized carbons (Fsp3) is 0.176. The molecule has 0 unspecified atom stereocenters. The Balaban J connectivity index is 2.45. The molecule has 0 aliphatic rings. The highest BCUT2D eigenvalue weighted by Gasteiger charge is 2.12. The molecule has 0 atom stereocenters. The zero-order chi connectivity index (χ0) is 15.1. The molecule has 0 radical (unpaired) electrons. The summed E-state index contributed by atoms with van der Waals surface area (Å²) in [6, 6.07) is 14.3. The number of carbonyl (C=O) groups is 1. The summed E-state index contributed by atoms with van der Waals surface area (Å²) >= 11 is 0. The molecule has 2 aromatic rings. The molecule has 0 saturated carbocycles. The number of aromatic nitrogens is 1. The number of benzene rings is 1. The highest BCUT2D eigenvalue weighted by molar-refractivity contribution is 6.18. The van der Waals surface area contributed by atoms with Crippen molar-refractivity contribution in [2.45, 2.75) is 13.3 Å². The lowest BCUT2D eigenvalue weighted by Gasteiger charge is -2.11. The van der Waals surface area contributed by atoms with Gasteiger partial charge in [-0.15, -0.1) is 0 Å². The van der Waals surface area contributed by atoms with Crippen LogP contribution in [0.1, 0.15) is 18.9 Å². The van der Waals surface area contributed by atoms with Crippen LogP contribution < -0.4 is 10.9 Å². The minimum absolute atomic E-state index is 0.230. The van der Waals surface area contributed by atoms with Gasteiger partial charge >= 0.3 is 0 Å². The van der Waals surface area contributed by atoms with E-state index >= 15 is 0 Å². The van der Waals surface area contributed by atoms with Crippen molar-refractivity contribution in [1.82, 2.24) is 9.88 Å². The van der Waals surface area contributed by atoms with E-state index in [1.54, 1.807) is 24.4 Å². The number of rotatable bonds is 5. The predicted molar refractivity (Wildman–Crippen MR) is 84.6 cm³/mol. The normalized spacial score (nSPS) is 11.2. The van der Waals surface area contributed by atoms with Crippen molar-refractivity contribution in [3.05, 3.63) is 70.6 Å². The molecule has 1 aromatic carbocycles. The Hall–Kier alpha value is -2.62. The van der Waals surface area contributed by atoms with Crippen molar-refractivity contribution in [2.75, 3.05) is 6.54 Å². The second-order valence-electron chi connectivity index (χ2n) is 4.61. The highest BCUT2D eigenvalue weighted by atomic mass is 16.2. The summed E-state index contributed by atoms with van der Waals surface area (Å²) in [5.74, 6) is -0.256. The van der Waals surface area contributed by atoms with Gasteiger partial charge in [0.25, 0.3) is 11.5 Å². The monoisotopic (exact) mass is 282 g/mol. The molecule has 1 aromatic heterocycles. The van der Waals surface area contributed by atoms with Gasteiger partial charge in [0.2, 0.25) is 0 Å². The van der Waals surface area contributed by atoms with Crippen molar-refractivity contribution in [2.24, 2.45) is 0 Å². The molecule has 21 heavy (non-hydrogen) atoms. The third kappa shape index (κ3) is 3.92. The van der Waals surface area contributed by atoms with Crippen molar-refractivity contribution >= 4 is 17.7 Å². The zero-order valence-corrected chi connectivity index (χ0v) is 12.0. The zero-order valence-electron chi connectivity index (χ0n) is 12.0. The Morgan fingerprint density at radius 1 is 1.14 bits per heavy atom. The fourth-order valence-corrected chi connectivity index (χ4v) is 1.91. The van der Waals surface area contributed by atoms with Crippen LogP contribution in [0, 0.1) is 0 Å². The van der Waals surface area contributed by atoms with Gasteiger partial charge in [0, 0.05) is 18.8 Å². The highest BCUT2D eigenvalue weighted by Crippen LogP contribution is 2.10. The first-order valence-electron chi connectivity index (χ1n) is 6.95. The van der Waals surface area contributed by atoms with E-state index in [1.165, 1.54) is 10.6 Å². The van der Waals surface area contributed by atoms with Gasteiger partial charge in [0.1, 0.15) is 5.70 Å². The van der Waals surface area contributed by atoms with Crippen LogP contribution in [-0.2, 0) is 4.79 Å². The lowest BCUT2D eigenvalue weighted by Crippen LogP contribution is -2.31. The van der Waals surface area contributed by atoms with Crippen LogP contribution in [0.25, 0.3) is 11.8 Å². The van der Waals surface area contributed by atoms with Crippen LogP contribution in [0.3, 0.4) is 0 Å². The van der Waals surface area contributed by atoms with Crippen LogP contribution in [0.2, 0.25) is 0 Å². The number of nitrogens with zero attached hydrogens (tertiary/aromatic N) is 1. The molecule has 2 rings (SSSR count). The van der Waals surface area contributed by atoms with Crippen LogP contribution in [0.5, 0.6) is 0 Å². The predicted octanol–water partition coefficient (Wildman–Crippen LogP) is 2.37. The molecule has 0 aliphatic carbocycles. The Morgan fingerprint density at radius 3 is 2.52 bits per heavy atom. The van der Waals surface area contributed by atoms with E-state index < -0.39 is 0 Å². The summed E-state index contributed by atoms with van der Waals surface area (Å²) in [4.78, 5) is 24.3. The Morgan fingerprint density at radius 2 is 1.86 bits per heavy atom. The molecule has 0 aliphatic heterocycles. The largest absolute Gasteiger partial charge is 0.351 e. The molecule has 0 saturated heterocycles. The molecule has 108 valence electrons. The quantitative estimate of drug-likeness (QED) is 0.856. The molecule has 4 heteroatoms. The first-order chi connectivity index (χ1) is 10.2. The summed E-state index contributed by atoms with van der Waals surface area (Å²) in [5, 5.41) is 2.81. The standard InChI is InChI=1S/C17H18N2O2/c1-2-11-18-17(21)15(13-14-8-4-3-5-9-14)19-12-7-6-10-16(19)20/h3-10,12-13H,2,11H2,1H3,(H,18,21). The SMILES string of the molecule is CCCNC(=O)C(=Cc1ccccc1)n1ccccc1=O. The maximum Gasteiger partial charge on any atom is 0.268 e. The third-order valence-corrected chi connectivity index (χ3v) is 2.95.